The first-order valence-corrected chi connectivity index (χ1v) is 8.62. The molecular weight excluding hydrogens is 286 g/mol. The van der Waals surface area contributed by atoms with E-state index in [0.717, 1.165) is 43.4 Å². The minimum Gasteiger partial charge on any atom is -0.265 e. The maximum absolute atomic E-state index is 12.1. The lowest BCUT2D eigenvalue weighted by atomic mass is 9.85. The van der Waals surface area contributed by atoms with Crippen molar-refractivity contribution in [3.8, 4) is 0 Å². The number of aryl methyl sites for hydroxylation is 1. The summed E-state index contributed by atoms with van der Waals surface area (Å²) in [5.41, 5.74) is 1.83. The molecule has 0 saturated heterocycles. The zero-order valence-corrected chi connectivity index (χ0v) is 13.1. The molecule has 1 aromatic rings. The minimum atomic E-state index is -3.83. The molecule has 21 heavy (non-hydrogen) atoms. The van der Waals surface area contributed by atoms with E-state index in [1.165, 1.54) is 12.1 Å². The topological polar surface area (TPSA) is 55.7 Å². The van der Waals surface area contributed by atoms with Crippen LogP contribution in [0.1, 0.15) is 37.7 Å². The number of rotatable bonds is 5. The predicted octanol–water partition coefficient (Wildman–Crippen LogP) is 3.82. The van der Waals surface area contributed by atoms with E-state index in [1.54, 1.807) is 12.1 Å². The van der Waals surface area contributed by atoms with Gasteiger partial charge in [-0.05, 0) is 44.7 Å². The Morgan fingerprint density at radius 2 is 2.05 bits per heavy atom. The Morgan fingerprint density at radius 3 is 2.71 bits per heavy atom. The van der Waals surface area contributed by atoms with Crippen LogP contribution in [0.4, 0.5) is 0 Å². The molecule has 1 aliphatic carbocycles. The van der Waals surface area contributed by atoms with Crippen molar-refractivity contribution in [2.45, 2.75) is 43.9 Å². The lowest BCUT2D eigenvalue weighted by Gasteiger charge is -2.21. The second-order valence-electron chi connectivity index (χ2n) is 5.39. The summed E-state index contributed by atoms with van der Waals surface area (Å²) in [4.78, 5) is 0.133. The first kappa shape index (κ1) is 15.8. The molecule has 1 aromatic carbocycles. The smallest absolute Gasteiger partial charge is 0.265 e. The van der Waals surface area contributed by atoms with E-state index in [4.69, 9.17) is 4.28 Å². The summed E-state index contributed by atoms with van der Waals surface area (Å²) >= 11 is 0. The highest BCUT2D eigenvalue weighted by atomic mass is 32.2. The number of nitrogens with zero attached hydrogens (tertiary/aromatic N) is 1. The van der Waals surface area contributed by atoms with E-state index >= 15 is 0 Å². The molecule has 0 N–H and O–H groups in total. The number of hydrogen-bond donors (Lipinski definition) is 0. The van der Waals surface area contributed by atoms with Gasteiger partial charge in [-0.25, -0.2) is 0 Å². The molecule has 4 nitrogen and oxygen atoms in total. The molecule has 0 aliphatic heterocycles. The monoisotopic (exact) mass is 307 g/mol. The van der Waals surface area contributed by atoms with Gasteiger partial charge in [0.1, 0.15) is 4.90 Å². The average Bonchev–Trinajstić information content (AvgIpc) is 2.47. The Bertz CT molecular complexity index is 617. The summed E-state index contributed by atoms with van der Waals surface area (Å²) in [5, 5.41) is 3.93. The van der Waals surface area contributed by atoms with Gasteiger partial charge in [0.15, 0.2) is 0 Å². The van der Waals surface area contributed by atoms with Crippen LogP contribution in [-0.2, 0) is 14.4 Å². The van der Waals surface area contributed by atoms with E-state index in [9.17, 15) is 8.42 Å². The summed E-state index contributed by atoms with van der Waals surface area (Å²) in [6.07, 6.45) is 6.64. The molecular formula is C16H21NO3S. The molecule has 0 amide bonds. The molecule has 5 heteroatoms. The van der Waals surface area contributed by atoms with Crippen LogP contribution in [0.15, 0.2) is 47.0 Å². The van der Waals surface area contributed by atoms with Gasteiger partial charge in [0, 0.05) is 5.92 Å². The van der Waals surface area contributed by atoms with Gasteiger partial charge in [-0.15, -0.1) is 6.58 Å². The van der Waals surface area contributed by atoms with Crippen LogP contribution in [0.2, 0.25) is 0 Å². The zero-order chi connectivity index (χ0) is 15.3. The molecule has 0 heterocycles. The second-order valence-corrected chi connectivity index (χ2v) is 6.92. The van der Waals surface area contributed by atoms with Gasteiger partial charge >= 0.3 is 10.1 Å². The average molecular weight is 307 g/mol. The summed E-state index contributed by atoms with van der Waals surface area (Å²) in [5.74, 6) is 0.254. The van der Waals surface area contributed by atoms with Crippen molar-refractivity contribution in [1.82, 2.24) is 0 Å². The highest BCUT2D eigenvalue weighted by molar-refractivity contribution is 7.86. The van der Waals surface area contributed by atoms with Crippen LogP contribution >= 0.6 is 0 Å². The lowest BCUT2D eigenvalue weighted by Crippen LogP contribution is -2.19. The third-order valence-electron chi connectivity index (χ3n) is 3.72. The van der Waals surface area contributed by atoms with Crippen LogP contribution in [0.25, 0.3) is 0 Å². The third kappa shape index (κ3) is 4.17. The minimum absolute atomic E-state index is 0.133. The van der Waals surface area contributed by atoms with Crippen LogP contribution in [0, 0.1) is 12.8 Å². The SMILES string of the molecule is C=CCC1CCCC/C1=N\OS(=O)(=O)c1ccc(C)cc1. The summed E-state index contributed by atoms with van der Waals surface area (Å²) < 4.78 is 29.1. The largest absolute Gasteiger partial charge is 0.358 e. The molecule has 0 bridgehead atoms. The van der Waals surface area contributed by atoms with E-state index < -0.39 is 10.1 Å². The maximum atomic E-state index is 12.1. The van der Waals surface area contributed by atoms with E-state index in [-0.39, 0.29) is 10.8 Å². The van der Waals surface area contributed by atoms with Gasteiger partial charge in [-0.1, -0.05) is 35.3 Å². The maximum Gasteiger partial charge on any atom is 0.358 e. The van der Waals surface area contributed by atoms with Crippen molar-refractivity contribution >= 4 is 15.8 Å². The van der Waals surface area contributed by atoms with Crippen LogP contribution < -0.4 is 0 Å². The van der Waals surface area contributed by atoms with Crippen molar-refractivity contribution in [2.24, 2.45) is 11.1 Å². The molecule has 0 radical (unpaired) electrons. The third-order valence-corrected chi connectivity index (χ3v) is 4.84. The number of benzene rings is 1. The first-order chi connectivity index (χ1) is 10.0. The van der Waals surface area contributed by atoms with Crippen molar-refractivity contribution in [3.05, 3.63) is 42.5 Å². The molecule has 1 atom stereocenters. The summed E-state index contributed by atoms with van der Waals surface area (Å²) in [7, 11) is -3.83. The second kappa shape index (κ2) is 6.89. The van der Waals surface area contributed by atoms with E-state index in [0.29, 0.717) is 0 Å². The van der Waals surface area contributed by atoms with Crippen molar-refractivity contribution in [3.63, 3.8) is 0 Å². The van der Waals surface area contributed by atoms with Gasteiger partial charge in [0.2, 0.25) is 0 Å². The molecule has 114 valence electrons. The standard InChI is InChI=1S/C16H21NO3S/c1-3-6-14-7-4-5-8-16(14)17-20-21(18,19)15-11-9-13(2)10-12-15/h3,9-12,14H,1,4-8H2,2H3/b17-16+. The molecule has 0 aromatic heterocycles. The highest BCUT2D eigenvalue weighted by Crippen LogP contribution is 2.25. The van der Waals surface area contributed by atoms with E-state index in [2.05, 4.69) is 11.7 Å². The molecule has 1 unspecified atom stereocenters. The Balaban J connectivity index is 2.13. The van der Waals surface area contributed by atoms with Gasteiger partial charge < -0.3 is 0 Å². The van der Waals surface area contributed by atoms with Crippen LogP contribution in [0.5, 0.6) is 0 Å². The van der Waals surface area contributed by atoms with Crippen molar-refractivity contribution < 1.29 is 12.7 Å². The van der Waals surface area contributed by atoms with Gasteiger partial charge in [-0.3, -0.25) is 4.28 Å². The highest BCUT2D eigenvalue weighted by Gasteiger charge is 2.22. The van der Waals surface area contributed by atoms with Crippen LogP contribution in [-0.4, -0.2) is 14.1 Å². The lowest BCUT2D eigenvalue weighted by molar-refractivity contribution is 0.329. The fourth-order valence-electron chi connectivity index (χ4n) is 2.49. The Morgan fingerprint density at radius 1 is 1.33 bits per heavy atom. The number of allylic oxidation sites excluding steroid dienone is 1. The molecule has 1 aliphatic rings. The van der Waals surface area contributed by atoms with Gasteiger partial charge in [-0.2, -0.15) is 8.42 Å². The van der Waals surface area contributed by atoms with Gasteiger partial charge in [0.05, 0.1) is 5.71 Å². The van der Waals surface area contributed by atoms with Crippen molar-refractivity contribution in [2.75, 3.05) is 0 Å². The van der Waals surface area contributed by atoms with E-state index in [1.807, 2.05) is 13.0 Å². The predicted molar refractivity (Wildman–Crippen MR) is 83.7 cm³/mol. The van der Waals surface area contributed by atoms with Crippen LogP contribution in [0.3, 0.4) is 0 Å². The summed E-state index contributed by atoms with van der Waals surface area (Å²) in [6.45, 7) is 5.64. The fourth-order valence-corrected chi connectivity index (χ4v) is 3.24. The number of oxime groups is 1. The molecule has 1 saturated carbocycles. The zero-order valence-electron chi connectivity index (χ0n) is 12.3. The van der Waals surface area contributed by atoms with Crippen molar-refractivity contribution in [1.29, 1.82) is 0 Å². The fraction of sp³-hybridized carbons (Fsp3) is 0.438. The molecule has 0 spiro atoms. The first-order valence-electron chi connectivity index (χ1n) is 7.21. The Kier molecular flexibility index (Phi) is 5.17. The summed E-state index contributed by atoms with van der Waals surface area (Å²) in [6, 6.07) is 6.55. The Hall–Kier alpha value is -1.62. The molecule has 2 rings (SSSR count). The normalized spacial score (nSPS) is 21.2. The van der Waals surface area contributed by atoms with Gasteiger partial charge in [0.25, 0.3) is 0 Å². The Labute approximate surface area is 126 Å². The quantitative estimate of drug-likeness (QED) is 0.614. The number of hydrogen-bond acceptors (Lipinski definition) is 4. The molecule has 1 fully saturated rings.